The zero-order chi connectivity index (χ0) is 9.84. The van der Waals surface area contributed by atoms with Crippen molar-refractivity contribution in [2.75, 3.05) is 6.54 Å². The number of nitrogens with zero attached hydrogens (tertiary/aromatic N) is 2. The molecule has 3 nitrogen and oxygen atoms in total. The molecule has 13 heavy (non-hydrogen) atoms. The number of aliphatic imine (C=N–C) groups is 1. The van der Waals surface area contributed by atoms with Crippen molar-refractivity contribution in [2.45, 2.75) is 39.8 Å². The fourth-order valence-electron chi connectivity index (χ4n) is 1.75. The molecular weight excluding hydrogens is 162 g/mol. The molecule has 0 aromatic carbocycles. The van der Waals surface area contributed by atoms with Crippen molar-refractivity contribution in [3.63, 3.8) is 0 Å². The van der Waals surface area contributed by atoms with E-state index in [0.717, 1.165) is 6.54 Å². The van der Waals surface area contributed by atoms with Crippen molar-refractivity contribution in [2.24, 2.45) is 4.99 Å². The monoisotopic (exact) mass is 180 g/mol. The van der Waals surface area contributed by atoms with Gasteiger partial charge >= 0.3 is 0 Å². The smallest absolute Gasteiger partial charge is 0.169 e. The van der Waals surface area contributed by atoms with E-state index >= 15 is 0 Å². The van der Waals surface area contributed by atoms with Gasteiger partial charge in [0.15, 0.2) is 6.34 Å². The van der Waals surface area contributed by atoms with Crippen LogP contribution >= 0.6 is 0 Å². The lowest BCUT2D eigenvalue weighted by Gasteiger charge is -2.35. The van der Waals surface area contributed by atoms with Gasteiger partial charge in [-0.3, -0.25) is 0 Å². The number of hydrogen-bond donors (Lipinski definition) is 1. The van der Waals surface area contributed by atoms with Crippen LogP contribution in [0.25, 0.3) is 0 Å². The highest BCUT2D eigenvalue weighted by atomic mass is 15.2. The van der Waals surface area contributed by atoms with Crippen molar-refractivity contribution in [3.8, 4) is 0 Å². The molecule has 0 atom stereocenters. The molecule has 0 aromatic rings. The molecule has 1 heterocycles. The first-order valence-electron chi connectivity index (χ1n) is 4.78. The van der Waals surface area contributed by atoms with Gasteiger partial charge in [0.1, 0.15) is 0 Å². The third-order valence-electron chi connectivity index (χ3n) is 2.07. The Balaban J connectivity index is 2.74. The molecule has 1 rings (SSSR count). The highest BCUT2D eigenvalue weighted by Gasteiger charge is 2.16. The summed E-state index contributed by atoms with van der Waals surface area (Å²) in [5.41, 5.74) is 1.24. The minimum atomic E-state index is 0.515. The topological polar surface area (TPSA) is 27.6 Å². The van der Waals surface area contributed by atoms with Gasteiger partial charge < -0.3 is 10.2 Å². The first-order valence-corrected chi connectivity index (χ1v) is 4.78. The van der Waals surface area contributed by atoms with Crippen LogP contribution in [0.15, 0.2) is 16.9 Å². The molecule has 0 spiro atoms. The van der Waals surface area contributed by atoms with E-state index in [-0.39, 0.29) is 0 Å². The van der Waals surface area contributed by atoms with Crippen molar-refractivity contribution in [1.82, 2.24) is 10.2 Å². The summed E-state index contributed by atoms with van der Waals surface area (Å²) in [5.74, 6) is 0. The van der Waals surface area contributed by atoms with Gasteiger partial charge in [-0.25, -0.2) is 4.99 Å². The van der Waals surface area contributed by atoms with Gasteiger partial charge in [-0.05, 0) is 27.7 Å². The molecule has 0 bridgehead atoms. The Kier molecular flexibility index (Phi) is 3.34. The molecule has 1 N–H and O–H groups in total. The van der Waals surface area contributed by atoms with Gasteiger partial charge in [0.05, 0.1) is 18.4 Å². The average molecular weight is 180 g/mol. The average Bonchev–Trinajstić information content (AvgIpc) is 2.04. The second-order valence-corrected chi connectivity index (χ2v) is 3.81. The Morgan fingerprint density at radius 3 is 2.38 bits per heavy atom. The predicted molar refractivity (Wildman–Crippen MR) is 55.6 cm³/mol. The third-order valence-corrected chi connectivity index (χ3v) is 2.07. The predicted octanol–water partition coefficient (Wildman–Crippen LogP) is 1.46. The Labute approximate surface area is 80.5 Å². The van der Waals surface area contributed by atoms with Gasteiger partial charge in [0.25, 0.3) is 0 Å². The van der Waals surface area contributed by atoms with E-state index in [1.54, 1.807) is 0 Å². The maximum absolute atomic E-state index is 3.98. The van der Waals surface area contributed by atoms with Crippen LogP contribution in [0.4, 0.5) is 0 Å². The third kappa shape index (κ3) is 2.47. The molecule has 3 heteroatoms. The molecule has 1 aliphatic heterocycles. The molecule has 0 aliphatic carbocycles. The van der Waals surface area contributed by atoms with E-state index in [1.807, 2.05) is 6.20 Å². The summed E-state index contributed by atoms with van der Waals surface area (Å²) in [7, 11) is 0. The maximum atomic E-state index is 3.98. The van der Waals surface area contributed by atoms with Crippen LogP contribution in [-0.4, -0.2) is 29.9 Å². The summed E-state index contributed by atoms with van der Waals surface area (Å²) in [6, 6.07) is 1.03. The lowest BCUT2D eigenvalue weighted by atomic mass is 10.2. The minimum Gasteiger partial charge on any atom is -0.367 e. The summed E-state index contributed by atoms with van der Waals surface area (Å²) in [6.07, 6.45) is 4.60. The van der Waals surface area contributed by atoms with E-state index in [9.17, 15) is 0 Å². The summed E-state index contributed by atoms with van der Waals surface area (Å²) < 4.78 is 0. The van der Waals surface area contributed by atoms with Crippen molar-refractivity contribution >= 4 is 6.34 Å². The van der Waals surface area contributed by atoms with Crippen LogP contribution in [0.5, 0.6) is 0 Å². The summed E-state index contributed by atoms with van der Waals surface area (Å²) >= 11 is 0. The molecule has 1 radical (unpaired) electrons. The molecule has 0 unspecified atom stereocenters. The summed E-state index contributed by atoms with van der Waals surface area (Å²) in [5, 5.41) is 3.00. The highest BCUT2D eigenvalue weighted by molar-refractivity contribution is 5.57. The Morgan fingerprint density at radius 1 is 1.38 bits per heavy atom. The van der Waals surface area contributed by atoms with Crippen LogP contribution in [0.3, 0.4) is 0 Å². The minimum absolute atomic E-state index is 0.515. The first kappa shape index (κ1) is 10.1. The Morgan fingerprint density at radius 2 is 2.00 bits per heavy atom. The molecule has 0 aromatic heterocycles. The highest BCUT2D eigenvalue weighted by Crippen LogP contribution is 2.14. The number of rotatable bonds is 3. The SMILES string of the molecule is CC(C)N(C1=CN=[C]NC1)C(C)C. The van der Waals surface area contributed by atoms with Gasteiger partial charge in [0, 0.05) is 12.1 Å². The largest absolute Gasteiger partial charge is 0.367 e. The number of hydrogen-bond acceptors (Lipinski definition) is 3. The van der Waals surface area contributed by atoms with Gasteiger partial charge in [-0.2, -0.15) is 0 Å². The van der Waals surface area contributed by atoms with Crippen molar-refractivity contribution in [1.29, 1.82) is 0 Å². The van der Waals surface area contributed by atoms with E-state index in [4.69, 9.17) is 0 Å². The maximum Gasteiger partial charge on any atom is 0.169 e. The molecular formula is C10H18N3. The second kappa shape index (κ2) is 4.30. The van der Waals surface area contributed by atoms with Gasteiger partial charge in [0.2, 0.25) is 0 Å². The normalized spacial score (nSPS) is 16.0. The van der Waals surface area contributed by atoms with E-state index < -0.39 is 0 Å². The first-order chi connectivity index (χ1) is 6.13. The summed E-state index contributed by atoms with van der Waals surface area (Å²) in [6.45, 7) is 9.62. The fraction of sp³-hybridized carbons (Fsp3) is 0.700. The van der Waals surface area contributed by atoms with Gasteiger partial charge in [-0.15, -0.1) is 0 Å². The van der Waals surface area contributed by atoms with E-state index in [2.05, 4.69) is 49.2 Å². The molecule has 1 aliphatic rings. The lowest BCUT2D eigenvalue weighted by molar-refractivity contribution is 0.226. The van der Waals surface area contributed by atoms with Crippen LogP contribution in [-0.2, 0) is 0 Å². The Hall–Kier alpha value is -0.990. The van der Waals surface area contributed by atoms with Crippen LogP contribution in [0.2, 0.25) is 0 Å². The molecule has 0 fully saturated rings. The lowest BCUT2D eigenvalue weighted by Crippen LogP contribution is -2.40. The second-order valence-electron chi connectivity index (χ2n) is 3.81. The van der Waals surface area contributed by atoms with Gasteiger partial charge in [-0.1, -0.05) is 0 Å². The fourth-order valence-corrected chi connectivity index (χ4v) is 1.75. The molecule has 0 amide bonds. The quantitative estimate of drug-likeness (QED) is 0.712. The number of nitrogens with one attached hydrogen (secondary N) is 1. The molecule has 73 valence electrons. The summed E-state index contributed by atoms with van der Waals surface area (Å²) in [4.78, 5) is 6.34. The zero-order valence-electron chi connectivity index (χ0n) is 8.83. The van der Waals surface area contributed by atoms with Crippen molar-refractivity contribution in [3.05, 3.63) is 11.9 Å². The van der Waals surface area contributed by atoms with Crippen molar-refractivity contribution < 1.29 is 0 Å². The van der Waals surface area contributed by atoms with Crippen LogP contribution in [0, 0.1) is 0 Å². The standard InChI is InChI=1S/C10H18N3/c1-8(2)13(9(3)4)10-5-11-7-12-6-10/h5,8-9H,6H2,1-4H3,(H,11,12). The molecule has 0 saturated carbocycles. The van der Waals surface area contributed by atoms with Crippen LogP contribution in [0.1, 0.15) is 27.7 Å². The van der Waals surface area contributed by atoms with E-state index in [0.29, 0.717) is 12.1 Å². The van der Waals surface area contributed by atoms with Crippen LogP contribution < -0.4 is 5.32 Å². The molecule has 0 saturated heterocycles. The zero-order valence-corrected chi connectivity index (χ0v) is 8.83. The van der Waals surface area contributed by atoms with E-state index in [1.165, 1.54) is 5.70 Å². The Bertz CT molecular complexity index is 208.